The van der Waals surface area contributed by atoms with Gasteiger partial charge in [0.1, 0.15) is 17.3 Å². The highest BCUT2D eigenvalue weighted by atomic mass is 35.5. The van der Waals surface area contributed by atoms with Crippen molar-refractivity contribution >= 4 is 29.0 Å². The molecule has 1 aromatic heterocycles. The van der Waals surface area contributed by atoms with Gasteiger partial charge in [-0.1, -0.05) is 17.7 Å². The molecule has 0 atom stereocenters. The summed E-state index contributed by atoms with van der Waals surface area (Å²) in [5, 5.41) is 3.44. The summed E-state index contributed by atoms with van der Waals surface area (Å²) >= 11 is 6.10. The molecular weight excluding hydrogens is 328 g/mol. The SMILES string of the molecule is Cc1nc(C(=O)Nc2ccc(C)c(Cl)c2)cc(N2CCOCC2)n1. The molecule has 1 fully saturated rings. The average Bonchev–Trinajstić information content (AvgIpc) is 2.58. The fourth-order valence-electron chi connectivity index (χ4n) is 2.49. The number of amides is 1. The molecule has 7 heteroatoms. The molecule has 1 aliphatic rings. The first kappa shape index (κ1) is 16.7. The van der Waals surface area contributed by atoms with Crippen LogP contribution in [0.2, 0.25) is 5.02 Å². The van der Waals surface area contributed by atoms with E-state index in [0.29, 0.717) is 35.4 Å². The second kappa shape index (κ2) is 7.15. The lowest BCUT2D eigenvalue weighted by molar-refractivity contribution is 0.102. The molecule has 126 valence electrons. The quantitative estimate of drug-likeness (QED) is 0.925. The maximum absolute atomic E-state index is 12.5. The van der Waals surface area contributed by atoms with Gasteiger partial charge in [-0.05, 0) is 31.5 Å². The van der Waals surface area contributed by atoms with E-state index >= 15 is 0 Å². The number of ether oxygens (including phenoxy) is 1. The number of nitrogens with zero attached hydrogens (tertiary/aromatic N) is 3. The standard InChI is InChI=1S/C17H19ClN4O2/c1-11-3-4-13(9-14(11)18)21-17(23)15-10-16(20-12(2)19-15)22-5-7-24-8-6-22/h3-4,9-10H,5-8H2,1-2H3,(H,21,23). The van der Waals surface area contributed by atoms with Crippen molar-refractivity contribution in [3.05, 3.63) is 46.4 Å². The van der Waals surface area contributed by atoms with Crippen molar-refractivity contribution in [2.24, 2.45) is 0 Å². The smallest absolute Gasteiger partial charge is 0.274 e. The summed E-state index contributed by atoms with van der Waals surface area (Å²) in [6.45, 7) is 6.52. The van der Waals surface area contributed by atoms with Gasteiger partial charge in [0, 0.05) is 29.9 Å². The summed E-state index contributed by atoms with van der Waals surface area (Å²) in [6.07, 6.45) is 0. The van der Waals surface area contributed by atoms with E-state index < -0.39 is 0 Å². The van der Waals surface area contributed by atoms with Crippen molar-refractivity contribution < 1.29 is 9.53 Å². The number of hydrogen-bond donors (Lipinski definition) is 1. The number of carbonyl (C=O) groups is 1. The minimum atomic E-state index is -0.282. The maximum atomic E-state index is 12.5. The molecule has 0 spiro atoms. The normalized spacial score (nSPS) is 14.5. The first-order valence-electron chi connectivity index (χ1n) is 7.79. The topological polar surface area (TPSA) is 67.4 Å². The number of halogens is 1. The first-order valence-corrected chi connectivity index (χ1v) is 8.16. The van der Waals surface area contributed by atoms with Crippen LogP contribution in [0.5, 0.6) is 0 Å². The molecule has 0 aliphatic carbocycles. The van der Waals surface area contributed by atoms with Gasteiger partial charge in [-0.2, -0.15) is 0 Å². The summed E-state index contributed by atoms with van der Waals surface area (Å²) in [6, 6.07) is 7.12. The molecule has 1 saturated heterocycles. The molecule has 1 amide bonds. The van der Waals surface area contributed by atoms with Crippen LogP contribution in [0.4, 0.5) is 11.5 Å². The summed E-state index contributed by atoms with van der Waals surface area (Å²) < 4.78 is 5.35. The van der Waals surface area contributed by atoms with Gasteiger partial charge >= 0.3 is 0 Å². The number of anilines is 2. The van der Waals surface area contributed by atoms with Gasteiger partial charge in [0.05, 0.1) is 13.2 Å². The third-order valence-electron chi connectivity index (χ3n) is 3.82. The van der Waals surface area contributed by atoms with Gasteiger partial charge in [0.2, 0.25) is 0 Å². The van der Waals surface area contributed by atoms with Gasteiger partial charge in [0.15, 0.2) is 0 Å². The predicted octanol–water partition coefficient (Wildman–Crippen LogP) is 2.84. The number of morpholine rings is 1. The van der Waals surface area contributed by atoms with Crippen LogP contribution in [0, 0.1) is 13.8 Å². The van der Waals surface area contributed by atoms with E-state index in [4.69, 9.17) is 16.3 Å². The summed E-state index contributed by atoms with van der Waals surface area (Å²) in [5.74, 6) is 1.03. The third kappa shape index (κ3) is 3.83. The Morgan fingerprint density at radius 3 is 2.67 bits per heavy atom. The lowest BCUT2D eigenvalue weighted by atomic mass is 10.2. The Morgan fingerprint density at radius 2 is 1.96 bits per heavy atom. The van der Waals surface area contributed by atoms with Gasteiger partial charge in [-0.25, -0.2) is 9.97 Å². The zero-order valence-electron chi connectivity index (χ0n) is 13.7. The van der Waals surface area contributed by atoms with Crippen molar-refractivity contribution in [1.29, 1.82) is 0 Å². The Balaban J connectivity index is 1.81. The molecule has 0 bridgehead atoms. The van der Waals surface area contributed by atoms with Crippen LogP contribution in [-0.4, -0.2) is 42.2 Å². The molecule has 6 nitrogen and oxygen atoms in total. The number of aryl methyl sites for hydroxylation is 2. The van der Waals surface area contributed by atoms with Crippen molar-refractivity contribution in [3.8, 4) is 0 Å². The van der Waals surface area contributed by atoms with Crippen molar-refractivity contribution in [2.75, 3.05) is 36.5 Å². The summed E-state index contributed by atoms with van der Waals surface area (Å²) in [5.41, 5.74) is 1.93. The Kier molecular flexibility index (Phi) is 4.97. The van der Waals surface area contributed by atoms with E-state index in [1.165, 1.54) is 0 Å². The Bertz CT molecular complexity index is 760. The third-order valence-corrected chi connectivity index (χ3v) is 4.23. The van der Waals surface area contributed by atoms with Crippen LogP contribution < -0.4 is 10.2 Å². The van der Waals surface area contributed by atoms with Crippen LogP contribution in [0.15, 0.2) is 24.3 Å². The lowest BCUT2D eigenvalue weighted by Crippen LogP contribution is -2.37. The molecule has 24 heavy (non-hydrogen) atoms. The number of rotatable bonds is 3. The molecule has 0 radical (unpaired) electrons. The van der Waals surface area contributed by atoms with Crippen LogP contribution in [0.25, 0.3) is 0 Å². The lowest BCUT2D eigenvalue weighted by Gasteiger charge is -2.28. The monoisotopic (exact) mass is 346 g/mol. The molecule has 2 heterocycles. The zero-order valence-corrected chi connectivity index (χ0v) is 14.4. The van der Waals surface area contributed by atoms with Gasteiger partial charge in [-0.3, -0.25) is 4.79 Å². The number of carbonyl (C=O) groups excluding carboxylic acids is 1. The first-order chi connectivity index (χ1) is 11.5. The number of nitrogens with one attached hydrogen (secondary N) is 1. The van der Waals surface area contributed by atoms with E-state index in [-0.39, 0.29) is 5.91 Å². The molecule has 2 aromatic rings. The number of aromatic nitrogens is 2. The molecule has 0 unspecified atom stereocenters. The minimum absolute atomic E-state index is 0.282. The molecule has 1 aliphatic heterocycles. The number of benzene rings is 1. The highest BCUT2D eigenvalue weighted by molar-refractivity contribution is 6.31. The van der Waals surface area contributed by atoms with Gasteiger partial charge in [-0.15, -0.1) is 0 Å². The zero-order chi connectivity index (χ0) is 17.1. The summed E-state index contributed by atoms with van der Waals surface area (Å²) in [7, 11) is 0. The Labute approximate surface area is 145 Å². The average molecular weight is 347 g/mol. The molecule has 1 N–H and O–H groups in total. The molecular formula is C17H19ClN4O2. The fourth-order valence-corrected chi connectivity index (χ4v) is 2.67. The Morgan fingerprint density at radius 1 is 1.21 bits per heavy atom. The van der Waals surface area contributed by atoms with Crippen molar-refractivity contribution in [1.82, 2.24) is 9.97 Å². The van der Waals surface area contributed by atoms with E-state index in [1.807, 2.05) is 19.1 Å². The largest absolute Gasteiger partial charge is 0.378 e. The minimum Gasteiger partial charge on any atom is -0.378 e. The highest BCUT2D eigenvalue weighted by Gasteiger charge is 2.17. The molecule has 1 aromatic carbocycles. The van der Waals surface area contributed by atoms with E-state index in [2.05, 4.69) is 20.2 Å². The fraction of sp³-hybridized carbons (Fsp3) is 0.353. The number of hydrogen-bond acceptors (Lipinski definition) is 5. The second-order valence-electron chi connectivity index (χ2n) is 5.68. The van der Waals surface area contributed by atoms with Crippen LogP contribution in [0.3, 0.4) is 0 Å². The van der Waals surface area contributed by atoms with Crippen LogP contribution >= 0.6 is 11.6 Å². The van der Waals surface area contributed by atoms with Crippen LogP contribution in [0.1, 0.15) is 21.9 Å². The second-order valence-corrected chi connectivity index (χ2v) is 6.08. The predicted molar refractivity (Wildman–Crippen MR) is 93.9 cm³/mol. The van der Waals surface area contributed by atoms with Gasteiger partial charge in [0.25, 0.3) is 5.91 Å². The Hall–Kier alpha value is -2.18. The maximum Gasteiger partial charge on any atom is 0.274 e. The van der Waals surface area contributed by atoms with Crippen LogP contribution in [-0.2, 0) is 4.74 Å². The summed E-state index contributed by atoms with van der Waals surface area (Å²) in [4.78, 5) is 23.3. The van der Waals surface area contributed by atoms with Crippen molar-refractivity contribution in [2.45, 2.75) is 13.8 Å². The molecule has 3 rings (SSSR count). The van der Waals surface area contributed by atoms with Crippen molar-refractivity contribution in [3.63, 3.8) is 0 Å². The van der Waals surface area contributed by atoms with E-state index in [9.17, 15) is 4.79 Å². The van der Waals surface area contributed by atoms with E-state index in [1.54, 1.807) is 19.1 Å². The molecule has 0 saturated carbocycles. The highest BCUT2D eigenvalue weighted by Crippen LogP contribution is 2.21. The van der Waals surface area contributed by atoms with Gasteiger partial charge < -0.3 is 15.0 Å². The van der Waals surface area contributed by atoms with E-state index in [0.717, 1.165) is 24.5 Å².